The summed E-state index contributed by atoms with van der Waals surface area (Å²) in [6, 6.07) is 3.86. The predicted octanol–water partition coefficient (Wildman–Crippen LogP) is 1.76. The molecule has 0 aliphatic carbocycles. The van der Waals surface area contributed by atoms with E-state index in [0.717, 1.165) is 43.4 Å². The first-order valence-electron chi connectivity index (χ1n) is 7.20. The molecule has 5 heteroatoms. The third-order valence-electron chi connectivity index (χ3n) is 3.09. The van der Waals surface area contributed by atoms with Crippen molar-refractivity contribution in [3.05, 3.63) is 23.4 Å². The van der Waals surface area contributed by atoms with E-state index in [2.05, 4.69) is 9.88 Å². The number of aliphatic hydroxyl groups is 1. The van der Waals surface area contributed by atoms with Crippen LogP contribution in [0.3, 0.4) is 0 Å². The van der Waals surface area contributed by atoms with E-state index >= 15 is 0 Å². The molecule has 1 aromatic heterocycles. The van der Waals surface area contributed by atoms with E-state index in [9.17, 15) is 5.11 Å². The molecule has 20 heavy (non-hydrogen) atoms. The largest absolute Gasteiger partial charge is 0.392 e. The Balaban J connectivity index is 2.71. The summed E-state index contributed by atoms with van der Waals surface area (Å²) in [4.78, 5) is 6.71. The summed E-state index contributed by atoms with van der Waals surface area (Å²) < 4.78 is 10.8. The van der Waals surface area contributed by atoms with E-state index < -0.39 is 0 Å². The van der Waals surface area contributed by atoms with Gasteiger partial charge in [0.15, 0.2) is 0 Å². The van der Waals surface area contributed by atoms with Gasteiger partial charge in [-0.3, -0.25) is 0 Å². The van der Waals surface area contributed by atoms with Gasteiger partial charge in [0.2, 0.25) is 0 Å². The van der Waals surface area contributed by atoms with Crippen molar-refractivity contribution in [3.63, 3.8) is 0 Å². The second-order valence-electron chi connectivity index (χ2n) is 4.45. The summed E-state index contributed by atoms with van der Waals surface area (Å²) in [6.07, 6.45) is 0. The van der Waals surface area contributed by atoms with Gasteiger partial charge < -0.3 is 19.5 Å². The quantitative estimate of drug-likeness (QED) is 0.663. The van der Waals surface area contributed by atoms with Crippen LogP contribution < -0.4 is 4.90 Å². The predicted molar refractivity (Wildman–Crippen MR) is 80.1 cm³/mol. The number of aliphatic hydroxyl groups excluding tert-OH is 1. The topological polar surface area (TPSA) is 54.8 Å². The number of aromatic nitrogens is 1. The molecular weight excluding hydrogens is 256 g/mol. The molecule has 5 nitrogen and oxygen atoms in total. The lowest BCUT2D eigenvalue weighted by Gasteiger charge is -2.24. The Morgan fingerprint density at radius 3 is 2.15 bits per heavy atom. The zero-order chi connectivity index (χ0) is 14.8. The molecular formula is C15H26N2O3. The molecule has 0 atom stereocenters. The van der Waals surface area contributed by atoms with Gasteiger partial charge >= 0.3 is 0 Å². The van der Waals surface area contributed by atoms with Gasteiger partial charge in [0.25, 0.3) is 0 Å². The SMILES string of the molecule is CCOCCN(CCOCC)c1ccc(CO)c(C)n1. The smallest absolute Gasteiger partial charge is 0.128 e. The highest BCUT2D eigenvalue weighted by atomic mass is 16.5. The zero-order valence-electron chi connectivity index (χ0n) is 12.8. The number of hydrogen-bond donors (Lipinski definition) is 1. The maximum Gasteiger partial charge on any atom is 0.128 e. The molecule has 0 bridgehead atoms. The number of ether oxygens (including phenoxy) is 2. The van der Waals surface area contributed by atoms with Crippen LogP contribution in [0.25, 0.3) is 0 Å². The minimum atomic E-state index is 0.0248. The number of nitrogens with zero attached hydrogens (tertiary/aromatic N) is 2. The molecule has 114 valence electrons. The molecule has 1 rings (SSSR count). The van der Waals surface area contributed by atoms with Crippen LogP contribution >= 0.6 is 0 Å². The van der Waals surface area contributed by atoms with Crippen LogP contribution in [0.1, 0.15) is 25.1 Å². The monoisotopic (exact) mass is 282 g/mol. The molecule has 0 fully saturated rings. The van der Waals surface area contributed by atoms with Crippen LogP contribution in [0.2, 0.25) is 0 Å². The van der Waals surface area contributed by atoms with Crippen molar-refractivity contribution in [1.82, 2.24) is 4.98 Å². The number of anilines is 1. The van der Waals surface area contributed by atoms with Crippen molar-refractivity contribution in [2.24, 2.45) is 0 Å². The van der Waals surface area contributed by atoms with Gasteiger partial charge in [-0.25, -0.2) is 4.98 Å². The van der Waals surface area contributed by atoms with Gasteiger partial charge in [-0.05, 0) is 32.4 Å². The minimum absolute atomic E-state index is 0.0248. The molecule has 0 amide bonds. The minimum Gasteiger partial charge on any atom is -0.392 e. The highest BCUT2D eigenvalue weighted by Crippen LogP contribution is 2.14. The third-order valence-corrected chi connectivity index (χ3v) is 3.09. The molecule has 0 aliphatic rings. The zero-order valence-corrected chi connectivity index (χ0v) is 12.8. The fourth-order valence-corrected chi connectivity index (χ4v) is 1.90. The molecule has 0 saturated heterocycles. The Morgan fingerprint density at radius 2 is 1.70 bits per heavy atom. The van der Waals surface area contributed by atoms with Crippen LogP contribution in [0.4, 0.5) is 5.82 Å². The van der Waals surface area contributed by atoms with E-state index in [0.29, 0.717) is 13.2 Å². The van der Waals surface area contributed by atoms with E-state index in [1.54, 1.807) is 0 Å². The summed E-state index contributed by atoms with van der Waals surface area (Å²) in [7, 11) is 0. The van der Waals surface area contributed by atoms with Gasteiger partial charge in [-0.15, -0.1) is 0 Å². The van der Waals surface area contributed by atoms with Crippen molar-refractivity contribution in [2.45, 2.75) is 27.4 Å². The first-order valence-corrected chi connectivity index (χ1v) is 7.20. The van der Waals surface area contributed by atoms with Crippen molar-refractivity contribution >= 4 is 5.82 Å². The third kappa shape index (κ3) is 5.45. The normalized spacial score (nSPS) is 10.8. The number of aryl methyl sites for hydroxylation is 1. The Morgan fingerprint density at radius 1 is 1.10 bits per heavy atom. The lowest BCUT2D eigenvalue weighted by atomic mass is 10.2. The Bertz CT molecular complexity index is 375. The molecule has 0 spiro atoms. The van der Waals surface area contributed by atoms with E-state index in [-0.39, 0.29) is 6.61 Å². The van der Waals surface area contributed by atoms with E-state index in [4.69, 9.17) is 9.47 Å². The van der Waals surface area contributed by atoms with Crippen molar-refractivity contribution in [2.75, 3.05) is 44.4 Å². The van der Waals surface area contributed by atoms with Gasteiger partial charge in [0.1, 0.15) is 5.82 Å². The van der Waals surface area contributed by atoms with Gasteiger partial charge in [0, 0.05) is 32.0 Å². The molecule has 0 unspecified atom stereocenters. The van der Waals surface area contributed by atoms with Gasteiger partial charge in [-0.1, -0.05) is 6.07 Å². The fourth-order valence-electron chi connectivity index (χ4n) is 1.90. The van der Waals surface area contributed by atoms with Crippen LogP contribution in [-0.2, 0) is 16.1 Å². The fraction of sp³-hybridized carbons (Fsp3) is 0.667. The maximum absolute atomic E-state index is 9.20. The maximum atomic E-state index is 9.20. The van der Waals surface area contributed by atoms with Crippen molar-refractivity contribution in [3.8, 4) is 0 Å². The molecule has 0 radical (unpaired) electrons. The molecule has 1 heterocycles. The van der Waals surface area contributed by atoms with Gasteiger partial charge in [-0.2, -0.15) is 0 Å². The highest BCUT2D eigenvalue weighted by molar-refractivity contribution is 5.41. The molecule has 0 saturated carbocycles. The molecule has 1 aromatic rings. The van der Waals surface area contributed by atoms with Gasteiger partial charge in [0.05, 0.1) is 19.8 Å². The van der Waals surface area contributed by atoms with Crippen LogP contribution in [0.5, 0.6) is 0 Å². The standard InChI is InChI=1S/C15H26N2O3/c1-4-19-10-8-17(9-11-20-5-2)15-7-6-14(12-18)13(3)16-15/h6-7,18H,4-5,8-12H2,1-3H3. The lowest BCUT2D eigenvalue weighted by Crippen LogP contribution is -2.32. The van der Waals surface area contributed by atoms with Crippen molar-refractivity contribution < 1.29 is 14.6 Å². The molecule has 0 aliphatic heterocycles. The van der Waals surface area contributed by atoms with Crippen molar-refractivity contribution in [1.29, 1.82) is 0 Å². The second-order valence-corrected chi connectivity index (χ2v) is 4.45. The first kappa shape index (κ1) is 16.9. The summed E-state index contributed by atoms with van der Waals surface area (Å²) in [5.41, 5.74) is 1.73. The summed E-state index contributed by atoms with van der Waals surface area (Å²) in [5.74, 6) is 0.902. The Labute approximate surface area is 121 Å². The van der Waals surface area contributed by atoms with Crippen LogP contribution in [0.15, 0.2) is 12.1 Å². The first-order chi connectivity index (χ1) is 9.72. The summed E-state index contributed by atoms with van der Waals surface area (Å²) >= 11 is 0. The lowest BCUT2D eigenvalue weighted by molar-refractivity contribution is 0.141. The average Bonchev–Trinajstić information content (AvgIpc) is 2.46. The second kappa shape index (κ2) is 9.69. The Kier molecular flexibility index (Phi) is 8.18. The number of pyridine rings is 1. The highest BCUT2D eigenvalue weighted by Gasteiger charge is 2.09. The van der Waals surface area contributed by atoms with Crippen LogP contribution in [0, 0.1) is 6.92 Å². The van der Waals surface area contributed by atoms with E-state index in [1.807, 2.05) is 32.9 Å². The number of hydrogen-bond acceptors (Lipinski definition) is 5. The number of rotatable bonds is 10. The molecule has 0 aromatic carbocycles. The summed E-state index contributed by atoms with van der Waals surface area (Å²) in [5, 5.41) is 9.20. The summed E-state index contributed by atoms with van der Waals surface area (Å²) in [6.45, 7) is 10.3. The van der Waals surface area contributed by atoms with E-state index in [1.165, 1.54) is 0 Å². The van der Waals surface area contributed by atoms with Crippen LogP contribution in [-0.4, -0.2) is 49.6 Å². The molecule has 1 N–H and O–H groups in total. The average molecular weight is 282 g/mol. The Hall–Kier alpha value is -1.17.